The van der Waals surface area contributed by atoms with Gasteiger partial charge in [0.25, 0.3) is 5.69 Å². The van der Waals surface area contributed by atoms with Crippen molar-refractivity contribution in [2.45, 2.75) is 95.3 Å². The van der Waals surface area contributed by atoms with Gasteiger partial charge in [-0.3, -0.25) is 15.0 Å². The smallest absolute Gasteiger partial charge is 0.410 e. The normalized spacial score (nSPS) is 24.7. The van der Waals surface area contributed by atoms with Crippen LogP contribution in [0.25, 0.3) is 0 Å². The topological polar surface area (TPSA) is 81.9 Å². The molecule has 1 amide bonds. The fraction of sp³-hybridized carbons (Fsp3) is 0.536. The van der Waals surface area contributed by atoms with Crippen molar-refractivity contribution in [3.63, 3.8) is 0 Å². The molecule has 2 aromatic rings. The molecule has 4 atom stereocenters. The van der Waals surface area contributed by atoms with Gasteiger partial charge in [-0.2, -0.15) is 0 Å². The van der Waals surface area contributed by atoms with Gasteiger partial charge in [-0.05, 0) is 46.1 Å². The Balaban J connectivity index is 1.73. The zero-order valence-electron chi connectivity index (χ0n) is 22.4. The molecule has 0 aromatic heterocycles. The Morgan fingerprint density at radius 1 is 1.08 bits per heavy atom. The number of hydrogen-bond donors (Lipinski definition) is 0. The number of carbonyl (C=O) groups is 1. The lowest BCUT2D eigenvalue weighted by Gasteiger charge is -2.54. The molecule has 2 aliphatic rings. The van der Waals surface area contributed by atoms with E-state index in [1.165, 1.54) is 12.1 Å². The minimum absolute atomic E-state index is 0.0176. The summed E-state index contributed by atoms with van der Waals surface area (Å²) in [6, 6.07) is 16.6. The molecule has 36 heavy (non-hydrogen) atoms. The fourth-order valence-electron chi connectivity index (χ4n) is 5.50. The average Bonchev–Trinajstić information content (AvgIpc) is 3.21. The van der Waals surface area contributed by atoms with Gasteiger partial charge in [0.05, 0.1) is 17.1 Å². The number of hydrogen-bond acceptors (Lipinski definition) is 5. The van der Waals surface area contributed by atoms with Gasteiger partial charge in [0.2, 0.25) is 0 Å². The van der Waals surface area contributed by atoms with Crippen molar-refractivity contribution in [3.05, 3.63) is 75.8 Å². The molecule has 1 unspecified atom stereocenters. The number of nitrogens with zero attached hydrogens (tertiary/aromatic N) is 2. The summed E-state index contributed by atoms with van der Waals surface area (Å²) in [4.78, 5) is 26.2. The van der Waals surface area contributed by atoms with Crippen molar-refractivity contribution in [2.75, 3.05) is 0 Å². The van der Waals surface area contributed by atoms with Crippen LogP contribution < -0.4 is 0 Å². The van der Waals surface area contributed by atoms with Gasteiger partial charge in [-0.25, -0.2) is 4.79 Å². The lowest BCUT2D eigenvalue weighted by atomic mass is 9.77. The summed E-state index contributed by atoms with van der Waals surface area (Å²) < 4.78 is 13.1. The van der Waals surface area contributed by atoms with Gasteiger partial charge in [-0.1, -0.05) is 63.2 Å². The number of nitro groups is 1. The molecule has 2 saturated heterocycles. The lowest BCUT2D eigenvalue weighted by Crippen LogP contribution is -2.58. The zero-order valence-corrected chi connectivity index (χ0v) is 23.4. The van der Waals surface area contributed by atoms with Gasteiger partial charge in [0, 0.05) is 24.1 Å². The van der Waals surface area contributed by atoms with Crippen molar-refractivity contribution in [3.8, 4) is 0 Å². The van der Waals surface area contributed by atoms with Crippen molar-refractivity contribution >= 4 is 20.1 Å². The highest BCUT2D eigenvalue weighted by molar-refractivity contribution is 6.74. The first-order valence-electron chi connectivity index (χ1n) is 12.7. The Hall–Kier alpha value is -2.71. The molecule has 0 radical (unpaired) electrons. The molecule has 7 nitrogen and oxygen atoms in total. The molecule has 2 aliphatic heterocycles. The largest absolute Gasteiger partial charge is 0.557 e. The number of nitro benzene ring substituents is 1. The van der Waals surface area contributed by atoms with Gasteiger partial charge in [-0.15, -0.1) is 18.1 Å². The number of carbonyl (C=O) groups excluding carboxylic acids is 1. The molecule has 195 valence electrons. The van der Waals surface area contributed by atoms with Crippen LogP contribution in [-0.2, 0) is 9.16 Å². The zero-order chi connectivity index (χ0) is 26.5. The molecule has 0 spiro atoms. The van der Waals surface area contributed by atoms with Crippen LogP contribution in [0.3, 0.4) is 0 Å². The molecule has 2 heterocycles. The monoisotopic (exact) mass is 510 g/mol. The molecular formula is C28H38N2O5Si-. The average molecular weight is 511 g/mol. The van der Waals surface area contributed by atoms with Crippen LogP contribution in [0.5, 0.6) is 0 Å². The summed E-state index contributed by atoms with van der Waals surface area (Å²) in [5.74, 6) is -0.120. The third-order valence-corrected chi connectivity index (χ3v) is 12.8. The Bertz CT molecular complexity index is 1110. The fourth-order valence-corrected chi connectivity index (χ4v) is 6.78. The van der Waals surface area contributed by atoms with Crippen LogP contribution in [0.4, 0.5) is 10.5 Å². The second kappa shape index (κ2) is 9.30. The number of amides is 1. The van der Waals surface area contributed by atoms with E-state index in [-0.39, 0.29) is 40.9 Å². The maximum absolute atomic E-state index is 13.5. The molecule has 4 rings (SSSR count). The Morgan fingerprint density at radius 3 is 2.25 bits per heavy atom. The summed E-state index contributed by atoms with van der Waals surface area (Å²) in [6.07, 6.45) is 1.04. The standard InChI is InChI=1S/C28H38N2O5Si/c1-27(2,3)36(6,7)35-25(20-11-9-8-10-12-20)23-18-17-22-24(28(4,5)34-26(31)29(22)23)19-13-15-21(16-14-19)30(32)33/h8-16,22-25H,17-18H2,1-7H3/q-1/t22-,23-,24?,25-/m1/s1. The molecule has 0 saturated carbocycles. The summed E-state index contributed by atoms with van der Waals surface area (Å²) in [5, 5.41) is 11.2. The maximum atomic E-state index is 13.5. The third-order valence-electron chi connectivity index (χ3n) is 8.34. The van der Waals surface area contributed by atoms with Gasteiger partial charge >= 0.3 is 6.09 Å². The van der Waals surface area contributed by atoms with Crippen LogP contribution in [0.15, 0.2) is 54.6 Å². The predicted octanol–water partition coefficient (Wildman–Crippen LogP) is 7.20. The second-order valence-corrected chi connectivity index (χ2v) is 16.9. The lowest BCUT2D eigenvalue weighted by molar-refractivity contribution is -0.384. The van der Waals surface area contributed by atoms with E-state index < -0.39 is 18.8 Å². The van der Waals surface area contributed by atoms with E-state index in [0.29, 0.717) is 0 Å². The SMILES string of the molecule is CC1(C)OC(=O)N2[C@H](CC[C@@H]2[C@H](O[Si-](C)(C)C(C)(C)C)c2ccccc2)C1c1ccc([N+](=O)[O-])cc1. The quantitative estimate of drug-likeness (QED) is 0.233. The Labute approximate surface area is 215 Å². The Kier molecular flexibility index (Phi) is 6.81. The van der Waals surface area contributed by atoms with Gasteiger partial charge in [0.15, 0.2) is 0 Å². The number of fused-ring (bicyclic) bond motifs is 1. The first-order chi connectivity index (χ1) is 16.7. The summed E-state index contributed by atoms with van der Waals surface area (Å²) in [5.41, 5.74) is 1.32. The van der Waals surface area contributed by atoms with E-state index in [4.69, 9.17) is 9.16 Å². The highest BCUT2D eigenvalue weighted by Crippen LogP contribution is 2.50. The van der Waals surface area contributed by atoms with Crippen LogP contribution in [-0.4, -0.2) is 41.9 Å². The Morgan fingerprint density at radius 2 is 1.69 bits per heavy atom. The van der Waals surface area contributed by atoms with E-state index in [1.807, 2.05) is 36.9 Å². The molecule has 0 bridgehead atoms. The van der Waals surface area contributed by atoms with E-state index in [2.05, 4.69) is 46.0 Å². The predicted molar refractivity (Wildman–Crippen MR) is 143 cm³/mol. The maximum Gasteiger partial charge on any atom is 0.410 e. The molecular weight excluding hydrogens is 472 g/mol. The molecule has 0 N–H and O–H groups in total. The van der Waals surface area contributed by atoms with Crippen LogP contribution in [0.1, 0.15) is 70.6 Å². The van der Waals surface area contributed by atoms with Gasteiger partial charge in [0.1, 0.15) is 5.60 Å². The first kappa shape index (κ1) is 26.4. The highest BCUT2D eigenvalue weighted by Gasteiger charge is 2.55. The molecule has 2 aromatic carbocycles. The molecule has 0 aliphatic carbocycles. The van der Waals surface area contributed by atoms with E-state index in [1.54, 1.807) is 12.1 Å². The van der Waals surface area contributed by atoms with Crippen molar-refractivity contribution < 1.29 is 18.9 Å². The minimum Gasteiger partial charge on any atom is -0.557 e. The summed E-state index contributed by atoms with van der Waals surface area (Å²) >= 11 is 0. The number of ether oxygens (including phenoxy) is 1. The minimum atomic E-state index is -2.17. The third kappa shape index (κ3) is 4.80. The van der Waals surface area contributed by atoms with Crippen LogP contribution in [0, 0.1) is 10.1 Å². The van der Waals surface area contributed by atoms with Crippen molar-refractivity contribution in [2.24, 2.45) is 0 Å². The van der Waals surface area contributed by atoms with E-state index in [0.717, 1.165) is 24.0 Å². The van der Waals surface area contributed by atoms with Crippen LogP contribution >= 0.6 is 0 Å². The number of non-ortho nitro benzene ring substituents is 1. The molecule has 2 fully saturated rings. The van der Waals surface area contributed by atoms with E-state index >= 15 is 0 Å². The first-order valence-corrected chi connectivity index (χ1v) is 15.6. The number of benzene rings is 2. The highest BCUT2D eigenvalue weighted by atomic mass is 28.4. The summed E-state index contributed by atoms with van der Waals surface area (Å²) in [7, 11) is -2.17. The van der Waals surface area contributed by atoms with Crippen LogP contribution in [0.2, 0.25) is 18.1 Å². The van der Waals surface area contributed by atoms with Crippen molar-refractivity contribution in [1.82, 2.24) is 4.90 Å². The van der Waals surface area contributed by atoms with Gasteiger partial charge < -0.3 is 9.16 Å². The number of cyclic esters (lactones) is 1. The van der Waals surface area contributed by atoms with Crippen molar-refractivity contribution in [1.29, 1.82) is 0 Å². The van der Waals surface area contributed by atoms with E-state index in [9.17, 15) is 14.9 Å². The second-order valence-electron chi connectivity index (χ2n) is 12.1. The molecule has 8 heteroatoms. The summed E-state index contributed by atoms with van der Waals surface area (Å²) in [6.45, 7) is 15.0. The number of rotatable bonds is 6.